The predicted octanol–water partition coefficient (Wildman–Crippen LogP) is 4.83. The molecule has 0 aliphatic rings. The predicted molar refractivity (Wildman–Crippen MR) is 142 cm³/mol. The number of halogens is 2. The minimum Gasteiger partial charge on any atom is -0.484 e. The summed E-state index contributed by atoms with van der Waals surface area (Å²) in [6.07, 6.45) is 2.40. The van der Waals surface area contributed by atoms with Gasteiger partial charge in [-0.2, -0.15) is 0 Å². The Bertz CT molecular complexity index is 1480. The molecule has 0 aliphatic heterocycles. The van der Waals surface area contributed by atoms with Crippen LogP contribution in [0.25, 0.3) is 10.9 Å². The van der Waals surface area contributed by atoms with Crippen molar-refractivity contribution in [3.8, 4) is 5.75 Å². The van der Waals surface area contributed by atoms with E-state index in [-0.39, 0.29) is 23.1 Å². The molecule has 0 saturated carbocycles. The SMILES string of the molecule is O=C(COc1ccc(S(=O)(=O)Nc2ccc(F)cc2)cc1)NCCCNc1ccnc2cc(Cl)ccc12. The van der Waals surface area contributed by atoms with Crippen LogP contribution in [0.1, 0.15) is 6.42 Å². The first-order valence-corrected chi connectivity index (χ1v) is 13.2. The van der Waals surface area contributed by atoms with E-state index in [9.17, 15) is 17.6 Å². The number of anilines is 2. The highest BCUT2D eigenvalue weighted by atomic mass is 35.5. The van der Waals surface area contributed by atoms with Crippen molar-refractivity contribution < 1.29 is 22.3 Å². The quantitative estimate of drug-likeness (QED) is 0.234. The molecule has 0 spiro atoms. The Balaban J connectivity index is 1.18. The maximum atomic E-state index is 13.0. The van der Waals surface area contributed by atoms with E-state index in [2.05, 4.69) is 20.3 Å². The van der Waals surface area contributed by atoms with Crippen LogP contribution >= 0.6 is 11.6 Å². The Morgan fingerprint density at radius 1 is 0.973 bits per heavy atom. The van der Waals surface area contributed by atoms with Crippen LogP contribution < -0.4 is 20.1 Å². The van der Waals surface area contributed by atoms with E-state index in [0.29, 0.717) is 30.3 Å². The Kier molecular flexibility index (Phi) is 8.42. The number of carbonyl (C=O) groups excluding carboxylic acids is 1. The van der Waals surface area contributed by atoms with Gasteiger partial charge in [0.05, 0.1) is 10.4 Å². The summed E-state index contributed by atoms with van der Waals surface area (Å²) in [5.74, 6) is -0.407. The molecule has 0 unspecified atom stereocenters. The third-order valence-electron chi connectivity index (χ3n) is 5.30. The summed E-state index contributed by atoms with van der Waals surface area (Å²) in [7, 11) is -3.85. The number of benzene rings is 3. The zero-order chi connectivity index (χ0) is 26.3. The van der Waals surface area contributed by atoms with Gasteiger partial charge in [-0.1, -0.05) is 11.6 Å². The Morgan fingerprint density at radius 2 is 1.73 bits per heavy atom. The minimum atomic E-state index is -3.85. The number of amides is 1. The van der Waals surface area contributed by atoms with Crippen LogP contribution in [0.5, 0.6) is 5.75 Å². The van der Waals surface area contributed by atoms with Gasteiger partial charge in [0.25, 0.3) is 15.9 Å². The number of fused-ring (bicyclic) bond motifs is 1. The number of nitrogens with one attached hydrogen (secondary N) is 3. The molecular formula is C26H24ClFN4O4S. The second-order valence-corrected chi connectivity index (χ2v) is 10.1. The second-order valence-electron chi connectivity index (χ2n) is 8.02. The summed E-state index contributed by atoms with van der Waals surface area (Å²) < 4.78 is 45.8. The van der Waals surface area contributed by atoms with E-state index in [1.54, 1.807) is 12.3 Å². The van der Waals surface area contributed by atoms with Gasteiger partial charge in [0.15, 0.2) is 6.61 Å². The lowest BCUT2D eigenvalue weighted by molar-refractivity contribution is -0.123. The zero-order valence-electron chi connectivity index (χ0n) is 19.6. The van der Waals surface area contributed by atoms with Crippen molar-refractivity contribution in [2.75, 3.05) is 29.7 Å². The molecule has 0 atom stereocenters. The summed E-state index contributed by atoms with van der Waals surface area (Å²) in [6, 6.07) is 18.1. The number of aromatic nitrogens is 1. The maximum Gasteiger partial charge on any atom is 0.261 e. The molecule has 11 heteroatoms. The lowest BCUT2D eigenvalue weighted by Crippen LogP contribution is -2.30. The number of carbonyl (C=O) groups is 1. The normalized spacial score (nSPS) is 11.2. The first-order chi connectivity index (χ1) is 17.8. The van der Waals surface area contributed by atoms with Crippen molar-refractivity contribution >= 4 is 49.8 Å². The average molecular weight is 543 g/mol. The number of nitrogens with zero attached hydrogens (tertiary/aromatic N) is 1. The van der Waals surface area contributed by atoms with Gasteiger partial charge in [0.1, 0.15) is 11.6 Å². The molecule has 192 valence electrons. The van der Waals surface area contributed by atoms with Gasteiger partial charge in [-0.3, -0.25) is 14.5 Å². The van der Waals surface area contributed by atoms with Crippen molar-refractivity contribution in [3.05, 3.63) is 89.8 Å². The molecule has 3 aromatic carbocycles. The first-order valence-electron chi connectivity index (χ1n) is 11.4. The number of ether oxygens (including phenoxy) is 1. The fourth-order valence-electron chi connectivity index (χ4n) is 3.46. The monoisotopic (exact) mass is 542 g/mol. The molecule has 0 saturated heterocycles. The van der Waals surface area contributed by atoms with Crippen molar-refractivity contribution in [1.82, 2.24) is 10.3 Å². The summed E-state index contributed by atoms with van der Waals surface area (Å²) in [6.45, 7) is 0.893. The van der Waals surface area contributed by atoms with Crippen LogP contribution in [-0.4, -0.2) is 39.0 Å². The standard InChI is InChI=1S/C26H24ClFN4O4S/c27-18-2-11-23-24(12-15-30-25(23)16-18)29-13-1-14-31-26(33)17-36-21-7-9-22(10-8-21)37(34,35)32-20-5-3-19(28)4-6-20/h2-12,15-16,32H,1,13-14,17H2,(H,29,30)(H,31,33). The third kappa shape index (κ3) is 7.31. The highest BCUT2D eigenvalue weighted by molar-refractivity contribution is 7.92. The van der Waals surface area contributed by atoms with Crippen molar-refractivity contribution in [3.63, 3.8) is 0 Å². The molecule has 0 bridgehead atoms. The van der Waals surface area contributed by atoms with E-state index in [1.165, 1.54) is 36.4 Å². The summed E-state index contributed by atoms with van der Waals surface area (Å²) in [5, 5.41) is 7.72. The summed E-state index contributed by atoms with van der Waals surface area (Å²) in [5.41, 5.74) is 1.99. The fourth-order valence-corrected chi connectivity index (χ4v) is 4.69. The molecule has 0 radical (unpaired) electrons. The van der Waals surface area contributed by atoms with Crippen molar-refractivity contribution in [2.45, 2.75) is 11.3 Å². The zero-order valence-corrected chi connectivity index (χ0v) is 21.2. The van der Waals surface area contributed by atoms with Gasteiger partial charge >= 0.3 is 0 Å². The second kappa shape index (κ2) is 11.9. The van der Waals surface area contributed by atoms with Crippen LogP contribution in [0.2, 0.25) is 5.02 Å². The van der Waals surface area contributed by atoms with E-state index in [4.69, 9.17) is 16.3 Å². The number of rotatable bonds is 11. The average Bonchev–Trinajstić information content (AvgIpc) is 2.88. The Morgan fingerprint density at radius 3 is 2.49 bits per heavy atom. The number of hydrogen-bond acceptors (Lipinski definition) is 6. The lowest BCUT2D eigenvalue weighted by atomic mass is 10.2. The molecule has 4 aromatic rings. The smallest absolute Gasteiger partial charge is 0.261 e. The molecule has 1 heterocycles. The minimum absolute atomic E-state index is 0.00574. The fraction of sp³-hybridized carbons (Fsp3) is 0.154. The van der Waals surface area contributed by atoms with E-state index in [0.717, 1.165) is 28.7 Å². The molecule has 1 aromatic heterocycles. The van der Waals surface area contributed by atoms with Gasteiger partial charge in [0, 0.05) is 41.1 Å². The molecule has 1 amide bonds. The number of sulfonamides is 1. The van der Waals surface area contributed by atoms with Crippen molar-refractivity contribution in [2.24, 2.45) is 0 Å². The molecular weight excluding hydrogens is 519 g/mol. The topological polar surface area (TPSA) is 109 Å². The van der Waals surface area contributed by atoms with E-state index >= 15 is 0 Å². The van der Waals surface area contributed by atoms with Crippen LogP contribution in [-0.2, 0) is 14.8 Å². The molecule has 0 aliphatic carbocycles. The van der Waals surface area contributed by atoms with Crippen molar-refractivity contribution in [1.29, 1.82) is 0 Å². The van der Waals surface area contributed by atoms with Crippen LogP contribution in [0, 0.1) is 5.82 Å². The highest BCUT2D eigenvalue weighted by Crippen LogP contribution is 2.24. The van der Waals surface area contributed by atoms with Gasteiger partial charge in [-0.05, 0) is 79.2 Å². The largest absolute Gasteiger partial charge is 0.484 e. The summed E-state index contributed by atoms with van der Waals surface area (Å²) in [4.78, 5) is 16.4. The van der Waals surface area contributed by atoms with Gasteiger partial charge in [-0.25, -0.2) is 12.8 Å². The molecule has 3 N–H and O–H groups in total. The Hall–Kier alpha value is -3.89. The first kappa shape index (κ1) is 26.2. The van der Waals surface area contributed by atoms with Crippen LogP contribution in [0.15, 0.2) is 83.9 Å². The number of hydrogen-bond donors (Lipinski definition) is 3. The van der Waals surface area contributed by atoms with Crippen LogP contribution in [0.4, 0.5) is 15.8 Å². The number of pyridine rings is 1. The van der Waals surface area contributed by atoms with Gasteiger partial charge in [0.2, 0.25) is 0 Å². The highest BCUT2D eigenvalue weighted by Gasteiger charge is 2.14. The van der Waals surface area contributed by atoms with E-state index in [1.807, 2.05) is 18.2 Å². The lowest BCUT2D eigenvalue weighted by Gasteiger charge is -2.11. The third-order valence-corrected chi connectivity index (χ3v) is 6.93. The molecule has 37 heavy (non-hydrogen) atoms. The van der Waals surface area contributed by atoms with Gasteiger partial charge < -0.3 is 15.4 Å². The summed E-state index contributed by atoms with van der Waals surface area (Å²) >= 11 is 6.02. The van der Waals surface area contributed by atoms with Gasteiger partial charge in [-0.15, -0.1) is 0 Å². The maximum absolute atomic E-state index is 13.0. The van der Waals surface area contributed by atoms with E-state index < -0.39 is 15.8 Å². The molecule has 8 nitrogen and oxygen atoms in total. The molecule has 0 fully saturated rings. The molecule has 4 rings (SSSR count). The van der Waals surface area contributed by atoms with Crippen LogP contribution in [0.3, 0.4) is 0 Å². The Labute approximate surface area is 218 Å².